The first-order valence-electron chi connectivity index (χ1n) is 18.9. The molecule has 2 atom stereocenters. The highest BCUT2D eigenvalue weighted by Crippen LogP contribution is 2.34. The molecular weight excluding hydrogens is 713 g/mol. The standard InChI is InChI=1S/C42H50N8O6/c1-4-5-6-7-17-56-31-13-11-29(12-14-31)40-46-23-33(26(3)47-40)41(54)49-34(15-16-43)42(55)50-38-25(2)18-28-20-32(38)30-10-8-9-27(19-30)22-36(51)45-24-37(52)48-35(21-28)39(44)53/h8-14,18-20,23,34-35H,4-7,15-17,21-22,24,43H2,1-3H3,(H2,44,53)(H,45,51)(H,48,52)(H,49,54)(H,50,55)/t34-,35?/m0/s1. The van der Waals surface area contributed by atoms with Crippen LogP contribution in [0.3, 0.4) is 0 Å². The fourth-order valence-corrected chi connectivity index (χ4v) is 6.48. The van der Waals surface area contributed by atoms with Crippen LogP contribution in [-0.4, -0.2) is 71.3 Å². The van der Waals surface area contributed by atoms with E-state index in [1.165, 1.54) is 19.0 Å². The number of aromatic nitrogens is 2. The van der Waals surface area contributed by atoms with Crippen LogP contribution >= 0.6 is 0 Å². The fourth-order valence-electron chi connectivity index (χ4n) is 6.48. The third-order valence-electron chi connectivity index (χ3n) is 9.49. The molecule has 0 radical (unpaired) electrons. The molecule has 294 valence electrons. The monoisotopic (exact) mass is 762 g/mol. The first kappa shape index (κ1) is 41.0. The van der Waals surface area contributed by atoms with Crippen LogP contribution in [0.15, 0.2) is 66.9 Å². The highest BCUT2D eigenvalue weighted by molar-refractivity contribution is 6.04. The number of fused-ring (bicyclic) bond motifs is 5. The van der Waals surface area contributed by atoms with E-state index in [0.29, 0.717) is 51.6 Å². The zero-order valence-electron chi connectivity index (χ0n) is 32.1. The van der Waals surface area contributed by atoms with Crippen molar-refractivity contribution < 1.29 is 28.7 Å². The topological polar surface area (TPSA) is 221 Å². The van der Waals surface area contributed by atoms with Gasteiger partial charge >= 0.3 is 0 Å². The van der Waals surface area contributed by atoms with E-state index in [9.17, 15) is 24.0 Å². The van der Waals surface area contributed by atoms with E-state index >= 15 is 0 Å². The molecule has 0 saturated heterocycles. The molecule has 0 aliphatic carbocycles. The van der Waals surface area contributed by atoms with Gasteiger partial charge in [0, 0.05) is 23.7 Å². The van der Waals surface area contributed by atoms with E-state index in [0.717, 1.165) is 24.2 Å². The van der Waals surface area contributed by atoms with Crippen LogP contribution in [0.25, 0.3) is 22.5 Å². The number of carbonyl (C=O) groups excluding carboxylic acids is 5. The molecule has 5 amide bonds. The molecule has 8 N–H and O–H groups in total. The summed E-state index contributed by atoms with van der Waals surface area (Å²) in [5, 5.41) is 11.0. The summed E-state index contributed by atoms with van der Waals surface area (Å²) in [6.45, 7) is 6.14. The van der Waals surface area contributed by atoms with Gasteiger partial charge in [0.15, 0.2) is 5.82 Å². The average Bonchev–Trinajstić information content (AvgIpc) is 3.17. The predicted octanol–water partition coefficient (Wildman–Crippen LogP) is 3.66. The van der Waals surface area contributed by atoms with Crippen LogP contribution < -0.4 is 37.5 Å². The van der Waals surface area contributed by atoms with Crippen molar-refractivity contribution in [1.82, 2.24) is 25.9 Å². The molecule has 1 unspecified atom stereocenters. The van der Waals surface area contributed by atoms with Crippen molar-refractivity contribution >= 4 is 35.2 Å². The van der Waals surface area contributed by atoms with Gasteiger partial charge in [-0.15, -0.1) is 0 Å². The Morgan fingerprint density at radius 2 is 1.75 bits per heavy atom. The van der Waals surface area contributed by atoms with E-state index in [1.807, 2.05) is 42.5 Å². The lowest BCUT2D eigenvalue weighted by atomic mass is 9.93. The lowest BCUT2D eigenvalue weighted by Gasteiger charge is -2.23. The second kappa shape index (κ2) is 19.4. The Morgan fingerprint density at radius 1 is 0.964 bits per heavy atom. The summed E-state index contributed by atoms with van der Waals surface area (Å²) in [7, 11) is 0. The van der Waals surface area contributed by atoms with Crippen LogP contribution in [-0.2, 0) is 32.0 Å². The first-order valence-corrected chi connectivity index (χ1v) is 18.9. The number of anilines is 1. The number of unbranched alkanes of at least 4 members (excludes halogenated alkanes) is 3. The quantitative estimate of drug-likeness (QED) is 0.103. The number of amides is 5. The van der Waals surface area contributed by atoms with Crippen LogP contribution in [0.1, 0.15) is 71.8 Å². The molecule has 5 rings (SSSR count). The van der Waals surface area contributed by atoms with Crippen molar-refractivity contribution in [2.45, 2.75) is 77.8 Å². The molecule has 14 nitrogen and oxygen atoms in total. The van der Waals surface area contributed by atoms with Crippen LogP contribution in [0.2, 0.25) is 0 Å². The van der Waals surface area contributed by atoms with Gasteiger partial charge < -0.3 is 37.5 Å². The molecule has 0 saturated carbocycles. The molecule has 2 heterocycles. The largest absolute Gasteiger partial charge is 0.494 e. The summed E-state index contributed by atoms with van der Waals surface area (Å²) in [4.78, 5) is 74.2. The summed E-state index contributed by atoms with van der Waals surface area (Å²) >= 11 is 0. The summed E-state index contributed by atoms with van der Waals surface area (Å²) in [6.07, 6.45) is 6.14. The lowest BCUT2D eigenvalue weighted by Crippen LogP contribution is -2.49. The normalized spacial score (nSPS) is 14.8. The second-order valence-corrected chi connectivity index (χ2v) is 13.9. The molecule has 4 bridgehead atoms. The van der Waals surface area contributed by atoms with Gasteiger partial charge in [-0.25, -0.2) is 9.97 Å². The van der Waals surface area contributed by atoms with Gasteiger partial charge in [-0.05, 0) is 85.8 Å². The minimum absolute atomic E-state index is 0.00402. The Hall–Kier alpha value is -6.15. The van der Waals surface area contributed by atoms with Crippen LogP contribution in [0.4, 0.5) is 5.69 Å². The number of rotatable bonds is 14. The van der Waals surface area contributed by atoms with Crippen LogP contribution in [0.5, 0.6) is 5.75 Å². The smallest absolute Gasteiger partial charge is 0.255 e. The van der Waals surface area contributed by atoms with Gasteiger partial charge in [0.2, 0.25) is 23.6 Å². The molecule has 0 fully saturated rings. The highest BCUT2D eigenvalue weighted by Gasteiger charge is 2.26. The number of hydrogen-bond donors (Lipinski definition) is 6. The van der Waals surface area contributed by atoms with Crippen molar-refractivity contribution in [2.24, 2.45) is 11.5 Å². The SMILES string of the molecule is CCCCCCOc1ccc(-c2ncc(C(=O)N[C@@H](CCN)C(=O)Nc3c(C)cc4cc3-c3cccc(c3)CC(=O)NCC(=O)NC(C(N)=O)C4)c(C)n2)cc1. The van der Waals surface area contributed by atoms with Crippen molar-refractivity contribution in [3.63, 3.8) is 0 Å². The second-order valence-electron chi connectivity index (χ2n) is 13.9. The number of ether oxygens (including phenoxy) is 1. The molecule has 0 spiro atoms. The summed E-state index contributed by atoms with van der Waals surface area (Å²) in [5.41, 5.74) is 16.7. The minimum Gasteiger partial charge on any atom is -0.494 e. The number of nitrogens with zero attached hydrogens (tertiary/aromatic N) is 2. The molecule has 56 heavy (non-hydrogen) atoms. The number of carbonyl (C=O) groups is 5. The highest BCUT2D eigenvalue weighted by atomic mass is 16.5. The van der Waals surface area contributed by atoms with Gasteiger partial charge in [-0.2, -0.15) is 0 Å². The summed E-state index contributed by atoms with van der Waals surface area (Å²) in [5.74, 6) is -1.50. The third-order valence-corrected chi connectivity index (χ3v) is 9.49. The molecule has 3 aromatic carbocycles. The molecule has 1 aromatic heterocycles. The van der Waals surface area contributed by atoms with Gasteiger partial charge in [0.05, 0.1) is 36.5 Å². The molecule has 4 aromatic rings. The Bertz CT molecular complexity index is 2070. The maximum absolute atomic E-state index is 14.0. The van der Waals surface area contributed by atoms with E-state index in [4.69, 9.17) is 16.2 Å². The number of benzene rings is 3. The van der Waals surface area contributed by atoms with Gasteiger partial charge in [-0.3, -0.25) is 24.0 Å². The van der Waals surface area contributed by atoms with E-state index in [-0.39, 0.29) is 43.8 Å². The van der Waals surface area contributed by atoms with Gasteiger partial charge in [-0.1, -0.05) is 56.5 Å². The zero-order valence-corrected chi connectivity index (χ0v) is 32.1. The Morgan fingerprint density at radius 3 is 2.46 bits per heavy atom. The maximum Gasteiger partial charge on any atom is 0.255 e. The maximum atomic E-state index is 14.0. The molecular formula is C42H50N8O6. The fraction of sp³-hybridized carbons (Fsp3) is 0.357. The first-order chi connectivity index (χ1) is 26.9. The van der Waals surface area contributed by atoms with Crippen molar-refractivity contribution in [3.8, 4) is 28.3 Å². The Labute approximate surface area is 326 Å². The molecule has 1 aliphatic rings. The number of nitrogens with two attached hydrogens (primary N) is 2. The van der Waals surface area contributed by atoms with Crippen molar-refractivity contribution in [2.75, 3.05) is 25.0 Å². The number of primary amides is 1. The minimum atomic E-state index is -1.04. The molecule has 14 heteroatoms. The van der Waals surface area contributed by atoms with E-state index in [1.54, 1.807) is 32.0 Å². The summed E-state index contributed by atoms with van der Waals surface area (Å²) in [6, 6.07) is 16.3. The summed E-state index contributed by atoms with van der Waals surface area (Å²) < 4.78 is 5.85. The van der Waals surface area contributed by atoms with Crippen molar-refractivity contribution in [3.05, 3.63) is 94.8 Å². The lowest BCUT2D eigenvalue weighted by molar-refractivity contribution is -0.128. The number of nitrogens with one attached hydrogen (secondary N) is 4. The Balaban J connectivity index is 1.36. The Kier molecular flexibility index (Phi) is 14.2. The van der Waals surface area contributed by atoms with Crippen molar-refractivity contribution in [1.29, 1.82) is 0 Å². The molecule has 1 aliphatic heterocycles. The third kappa shape index (κ3) is 11.0. The van der Waals surface area contributed by atoms with E-state index in [2.05, 4.69) is 38.2 Å². The number of aryl methyl sites for hydroxylation is 2. The predicted molar refractivity (Wildman–Crippen MR) is 214 cm³/mol. The zero-order chi connectivity index (χ0) is 40.2. The van der Waals surface area contributed by atoms with Gasteiger partial charge in [0.25, 0.3) is 5.91 Å². The van der Waals surface area contributed by atoms with E-state index < -0.39 is 35.7 Å². The number of hydrogen-bond acceptors (Lipinski definition) is 9. The average molecular weight is 763 g/mol. The van der Waals surface area contributed by atoms with Gasteiger partial charge in [0.1, 0.15) is 17.8 Å². The van der Waals surface area contributed by atoms with Crippen LogP contribution in [0, 0.1) is 13.8 Å².